The summed E-state index contributed by atoms with van der Waals surface area (Å²) in [6, 6.07) is 15.9. The highest BCUT2D eigenvalue weighted by molar-refractivity contribution is 5.53. The molecule has 2 nitrogen and oxygen atoms in total. The van der Waals surface area contributed by atoms with Crippen molar-refractivity contribution >= 4 is 0 Å². The first-order chi connectivity index (χ1) is 11.0. The molecule has 0 amide bonds. The lowest BCUT2D eigenvalue weighted by Crippen LogP contribution is -2.27. The third-order valence-electron chi connectivity index (χ3n) is 4.73. The second-order valence-electron chi connectivity index (χ2n) is 6.36. The van der Waals surface area contributed by atoms with E-state index in [-0.39, 0.29) is 11.2 Å². The number of benzene rings is 2. The molecule has 2 atom stereocenters. The molecule has 1 aliphatic rings. The number of hydrogen-bond acceptors (Lipinski definition) is 2. The van der Waals surface area contributed by atoms with Crippen LogP contribution >= 0.6 is 0 Å². The molecule has 2 heteroatoms. The Bertz CT molecular complexity index is 691. The third-order valence-corrected chi connectivity index (χ3v) is 4.73. The quantitative estimate of drug-likeness (QED) is 0.890. The molecule has 2 aromatic rings. The number of aryl methyl sites for hydroxylation is 1. The number of phenols is 1. The number of aliphatic hydroxyl groups excluding tert-OH is 1. The third kappa shape index (κ3) is 2.95. The van der Waals surface area contributed by atoms with Gasteiger partial charge in [0.05, 0.1) is 6.10 Å². The minimum absolute atomic E-state index is 0.267. The summed E-state index contributed by atoms with van der Waals surface area (Å²) in [6.07, 6.45) is 6.20. The van der Waals surface area contributed by atoms with Crippen LogP contribution in [-0.2, 0) is 5.41 Å². The van der Waals surface area contributed by atoms with Crippen molar-refractivity contribution in [3.8, 4) is 5.75 Å². The van der Waals surface area contributed by atoms with E-state index in [2.05, 4.69) is 44.2 Å². The lowest BCUT2D eigenvalue weighted by atomic mass is 9.69. The summed E-state index contributed by atoms with van der Waals surface area (Å²) in [5, 5.41) is 19.4. The summed E-state index contributed by atoms with van der Waals surface area (Å²) in [6.45, 7) is 4.27. The normalized spacial score (nSPS) is 20.0. The molecule has 0 saturated heterocycles. The zero-order chi connectivity index (χ0) is 16.4. The number of allylic oxidation sites excluding steroid dienone is 2. The number of aromatic hydroxyl groups is 1. The van der Waals surface area contributed by atoms with Crippen molar-refractivity contribution in [3.63, 3.8) is 0 Å². The summed E-state index contributed by atoms with van der Waals surface area (Å²) in [5.41, 5.74) is 4.38. The van der Waals surface area contributed by atoms with Crippen molar-refractivity contribution in [1.29, 1.82) is 0 Å². The summed E-state index contributed by atoms with van der Waals surface area (Å²) >= 11 is 0. The molecule has 23 heavy (non-hydrogen) atoms. The Morgan fingerprint density at radius 2 is 1.52 bits per heavy atom. The maximum atomic E-state index is 9.74. The van der Waals surface area contributed by atoms with E-state index in [0.29, 0.717) is 6.42 Å². The molecule has 2 unspecified atom stereocenters. The molecule has 118 valence electrons. The second-order valence-corrected chi connectivity index (χ2v) is 6.36. The van der Waals surface area contributed by atoms with E-state index in [1.807, 2.05) is 24.3 Å². The fourth-order valence-corrected chi connectivity index (χ4v) is 3.16. The first-order valence-corrected chi connectivity index (χ1v) is 7.94. The van der Waals surface area contributed by atoms with Crippen LogP contribution in [0, 0.1) is 6.92 Å². The molecule has 0 fully saturated rings. The minimum Gasteiger partial charge on any atom is -0.508 e. The molecule has 1 aliphatic carbocycles. The van der Waals surface area contributed by atoms with Crippen molar-refractivity contribution in [2.75, 3.05) is 0 Å². The van der Waals surface area contributed by atoms with Gasteiger partial charge in [-0.1, -0.05) is 60.2 Å². The molecule has 0 aromatic heterocycles. The molecular formula is C21H22O2. The Balaban J connectivity index is 2.15. The number of hydrogen-bond donors (Lipinski definition) is 2. The van der Waals surface area contributed by atoms with Gasteiger partial charge in [0, 0.05) is 5.41 Å². The van der Waals surface area contributed by atoms with Gasteiger partial charge < -0.3 is 10.2 Å². The molecule has 3 rings (SSSR count). The van der Waals surface area contributed by atoms with Crippen molar-refractivity contribution < 1.29 is 10.2 Å². The van der Waals surface area contributed by atoms with Gasteiger partial charge in [-0.3, -0.25) is 0 Å². The van der Waals surface area contributed by atoms with Gasteiger partial charge in [-0.05, 0) is 49.1 Å². The molecule has 0 heterocycles. The van der Waals surface area contributed by atoms with Crippen LogP contribution in [0.2, 0.25) is 0 Å². The van der Waals surface area contributed by atoms with Crippen molar-refractivity contribution in [1.82, 2.24) is 0 Å². The molecule has 2 aromatic carbocycles. The van der Waals surface area contributed by atoms with Crippen LogP contribution in [0.5, 0.6) is 5.75 Å². The van der Waals surface area contributed by atoms with Crippen molar-refractivity contribution in [3.05, 3.63) is 89.0 Å². The zero-order valence-electron chi connectivity index (χ0n) is 13.5. The topological polar surface area (TPSA) is 40.5 Å². The monoisotopic (exact) mass is 306 g/mol. The standard InChI is InChI=1S/C21H22O2/c1-15-3-5-16(6-4-15)21(2,17-7-11-19(22)12-8-17)18-9-13-20(23)14-10-18/h3-13,20,22-23H,14H2,1-2H3. The van der Waals surface area contributed by atoms with Gasteiger partial charge in [-0.15, -0.1) is 0 Å². The summed E-state index contributed by atoms with van der Waals surface area (Å²) in [7, 11) is 0. The van der Waals surface area contributed by atoms with Gasteiger partial charge >= 0.3 is 0 Å². The van der Waals surface area contributed by atoms with E-state index in [9.17, 15) is 10.2 Å². The van der Waals surface area contributed by atoms with E-state index in [1.54, 1.807) is 12.1 Å². The lowest BCUT2D eigenvalue weighted by molar-refractivity contribution is 0.224. The van der Waals surface area contributed by atoms with Crippen LogP contribution in [0.25, 0.3) is 0 Å². The highest BCUT2D eigenvalue weighted by Gasteiger charge is 2.32. The van der Waals surface area contributed by atoms with Gasteiger partial charge in [0.15, 0.2) is 0 Å². The molecule has 0 aliphatic heterocycles. The molecule has 2 N–H and O–H groups in total. The Labute approximate surface area is 137 Å². The van der Waals surface area contributed by atoms with Gasteiger partial charge in [-0.25, -0.2) is 0 Å². The van der Waals surface area contributed by atoms with Crippen LogP contribution in [0.3, 0.4) is 0 Å². The molecule has 0 radical (unpaired) electrons. The SMILES string of the molecule is Cc1ccc(C(C)(C2=CCC(O)C=C2)c2ccc(O)cc2)cc1. The number of rotatable bonds is 3. The Morgan fingerprint density at radius 3 is 2.04 bits per heavy atom. The smallest absolute Gasteiger partial charge is 0.115 e. The van der Waals surface area contributed by atoms with Crippen molar-refractivity contribution in [2.45, 2.75) is 31.8 Å². The molecule has 0 saturated carbocycles. The molecule has 0 spiro atoms. The van der Waals surface area contributed by atoms with Crippen LogP contribution in [-0.4, -0.2) is 16.3 Å². The van der Waals surface area contributed by atoms with Gasteiger partial charge in [0.2, 0.25) is 0 Å². The van der Waals surface area contributed by atoms with E-state index in [0.717, 1.165) is 11.1 Å². The zero-order valence-corrected chi connectivity index (χ0v) is 13.5. The Morgan fingerprint density at radius 1 is 0.957 bits per heavy atom. The van der Waals surface area contributed by atoms with Crippen LogP contribution in [0.4, 0.5) is 0 Å². The van der Waals surface area contributed by atoms with Crippen LogP contribution in [0.1, 0.15) is 30.0 Å². The number of phenolic OH excluding ortho intramolecular Hbond substituents is 1. The Kier molecular flexibility index (Phi) is 4.10. The van der Waals surface area contributed by atoms with Gasteiger partial charge in [-0.2, -0.15) is 0 Å². The minimum atomic E-state index is -0.402. The second kappa shape index (κ2) is 6.05. The number of aliphatic hydroxyl groups is 1. The Hall–Kier alpha value is -2.32. The summed E-state index contributed by atoms with van der Waals surface area (Å²) < 4.78 is 0. The maximum absolute atomic E-state index is 9.74. The fraction of sp³-hybridized carbons (Fsp3) is 0.238. The van der Waals surface area contributed by atoms with E-state index >= 15 is 0 Å². The van der Waals surface area contributed by atoms with Crippen molar-refractivity contribution in [2.24, 2.45) is 0 Å². The largest absolute Gasteiger partial charge is 0.508 e. The highest BCUT2D eigenvalue weighted by atomic mass is 16.3. The summed E-state index contributed by atoms with van der Waals surface area (Å²) in [4.78, 5) is 0. The van der Waals surface area contributed by atoms with Gasteiger partial charge in [0.25, 0.3) is 0 Å². The maximum Gasteiger partial charge on any atom is 0.115 e. The highest BCUT2D eigenvalue weighted by Crippen LogP contribution is 2.41. The first kappa shape index (κ1) is 15.6. The lowest BCUT2D eigenvalue weighted by Gasteiger charge is -2.34. The first-order valence-electron chi connectivity index (χ1n) is 7.94. The summed E-state index contributed by atoms with van der Waals surface area (Å²) in [5.74, 6) is 0.267. The van der Waals surface area contributed by atoms with Crippen LogP contribution in [0.15, 0.2) is 72.3 Å². The average Bonchev–Trinajstić information content (AvgIpc) is 2.56. The molecule has 0 bridgehead atoms. The van der Waals surface area contributed by atoms with Gasteiger partial charge in [0.1, 0.15) is 5.75 Å². The fourth-order valence-electron chi connectivity index (χ4n) is 3.16. The van der Waals surface area contributed by atoms with E-state index < -0.39 is 6.10 Å². The van der Waals surface area contributed by atoms with E-state index in [4.69, 9.17) is 0 Å². The average molecular weight is 306 g/mol. The predicted molar refractivity (Wildman–Crippen MR) is 93.6 cm³/mol. The van der Waals surface area contributed by atoms with Crippen LogP contribution < -0.4 is 0 Å². The molecular weight excluding hydrogens is 284 g/mol. The predicted octanol–water partition coefficient (Wildman–Crippen LogP) is 4.25. The van der Waals surface area contributed by atoms with E-state index in [1.165, 1.54) is 11.1 Å².